The van der Waals surface area contributed by atoms with E-state index in [2.05, 4.69) is 5.32 Å². The number of nitrogens with one attached hydrogen (secondary N) is 1. The number of halogens is 5. The molecule has 0 saturated carbocycles. The van der Waals surface area contributed by atoms with Crippen LogP contribution in [0.1, 0.15) is 50.6 Å². The number of aryl methyl sites for hydroxylation is 1. The molecule has 3 aromatic carbocycles. The van der Waals surface area contributed by atoms with Gasteiger partial charge in [0.25, 0.3) is 11.8 Å². The van der Waals surface area contributed by atoms with E-state index in [9.17, 15) is 37.1 Å². The lowest BCUT2D eigenvalue weighted by molar-refractivity contribution is -0.167. The molecule has 54 heavy (non-hydrogen) atoms. The molecule has 0 aliphatic heterocycles. The summed E-state index contributed by atoms with van der Waals surface area (Å²) in [7, 11) is 2.45. The highest BCUT2D eigenvalue weighted by molar-refractivity contribution is 7.10. The Hall–Kier alpha value is -5.84. The second kappa shape index (κ2) is 16.9. The van der Waals surface area contributed by atoms with E-state index in [-0.39, 0.29) is 34.8 Å². The number of hydrogen-bond donors (Lipinski definition) is 1. The number of carbonyl (C=O) groups is 5. The highest BCUT2D eigenvalue weighted by Gasteiger charge is 2.53. The van der Waals surface area contributed by atoms with E-state index in [0.717, 1.165) is 40.5 Å². The van der Waals surface area contributed by atoms with Crippen LogP contribution in [-0.2, 0) is 35.4 Å². The molecule has 11 nitrogen and oxygen atoms in total. The van der Waals surface area contributed by atoms with Crippen molar-refractivity contribution in [1.82, 2.24) is 4.90 Å². The van der Waals surface area contributed by atoms with Crippen LogP contribution in [0, 0.1) is 18.6 Å². The van der Waals surface area contributed by atoms with Crippen LogP contribution in [0.2, 0.25) is 0 Å². The average Bonchev–Trinajstić information content (AvgIpc) is 3.65. The predicted octanol–water partition coefficient (Wildman–Crippen LogP) is 7.55. The number of hydrogen-bond acceptors (Lipinski definition) is 10. The number of esters is 2. The van der Waals surface area contributed by atoms with Crippen molar-refractivity contribution in [3.8, 4) is 16.9 Å². The van der Waals surface area contributed by atoms with Gasteiger partial charge in [-0.2, -0.15) is 13.2 Å². The summed E-state index contributed by atoms with van der Waals surface area (Å²) < 4.78 is 91.3. The van der Waals surface area contributed by atoms with Crippen molar-refractivity contribution < 1.29 is 64.9 Å². The molecule has 0 radical (unpaired) electrons. The molecule has 0 unspecified atom stereocenters. The second-order valence-electron chi connectivity index (χ2n) is 11.7. The van der Waals surface area contributed by atoms with Crippen LogP contribution in [0.5, 0.6) is 5.75 Å². The van der Waals surface area contributed by atoms with Gasteiger partial charge < -0.3 is 29.2 Å². The third kappa shape index (κ3) is 8.68. The van der Waals surface area contributed by atoms with E-state index < -0.39 is 82.3 Å². The van der Waals surface area contributed by atoms with E-state index >= 15 is 8.78 Å². The topological polar surface area (TPSA) is 138 Å². The Kier molecular flexibility index (Phi) is 12.8. The Morgan fingerprint density at radius 3 is 2.02 bits per heavy atom. The first-order chi connectivity index (χ1) is 25.5. The van der Waals surface area contributed by atoms with Crippen molar-refractivity contribution in [3.05, 3.63) is 105 Å². The molecule has 0 fully saturated rings. The normalized spacial score (nSPS) is 11.4. The van der Waals surface area contributed by atoms with Crippen LogP contribution in [0.25, 0.3) is 11.1 Å². The van der Waals surface area contributed by atoms with Crippen molar-refractivity contribution in [2.24, 2.45) is 0 Å². The van der Waals surface area contributed by atoms with Gasteiger partial charge in [0.05, 0.1) is 24.5 Å². The summed E-state index contributed by atoms with van der Waals surface area (Å²) in [6.07, 6.45) is -6.40. The lowest BCUT2D eigenvalue weighted by atomic mass is 9.87. The van der Waals surface area contributed by atoms with Gasteiger partial charge in [-0.3, -0.25) is 19.2 Å². The lowest BCUT2D eigenvalue weighted by Crippen LogP contribution is -2.50. The molecule has 1 aromatic heterocycles. The number of anilines is 1. The summed E-state index contributed by atoms with van der Waals surface area (Å²) in [6, 6.07) is 11.8. The van der Waals surface area contributed by atoms with Gasteiger partial charge in [-0.25, -0.2) is 13.6 Å². The van der Waals surface area contributed by atoms with Crippen molar-refractivity contribution >= 4 is 46.9 Å². The third-order valence-corrected chi connectivity index (χ3v) is 8.80. The number of carbonyl (C=O) groups excluding carboxylic acids is 5. The highest BCUT2D eigenvalue weighted by atomic mass is 32.1. The Morgan fingerprint density at radius 2 is 1.48 bits per heavy atom. The lowest BCUT2D eigenvalue weighted by Gasteiger charge is -2.27. The van der Waals surface area contributed by atoms with Gasteiger partial charge in [0, 0.05) is 30.6 Å². The number of alkyl halides is 3. The third-order valence-electron chi connectivity index (χ3n) is 7.77. The summed E-state index contributed by atoms with van der Waals surface area (Å²) >= 11 is 0.942. The van der Waals surface area contributed by atoms with Crippen LogP contribution in [-0.4, -0.2) is 68.7 Å². The minimum atomic E-state index is -4.61. The smallest absolute Gasteiger partial charge is 0.465 e. The van der Waals surface area contributed by atoms with Gasteiger partial charge in [-0.05, 0) is 61.5 Å². The zero-order valence-corrected chi connectivity index (χ0v) is 30.2. The zero-order chi connectivity index (χ0) is 40.0. The Labute approximate surface area is 309 Å². The maximum atomic E-state index is 16.1. The van der Waals surface area contributed by atoms with Crippen LogP contribution in [0.3, 0.4) is 0 Å². The first-order valence-electron chi connectivity index (χ1n) is 16.0. The first kappa shape index (κ1) is 40.9. The molecule has 1 heterocycles. The maximum Gasteiger partial charge on any atom is 0.514 e. The van der Waals surface area contributed by atoms with Gasteiger partial charge in [0.2, 0.25) is 11.2 Å². The van der Waals surface area contributed by atoms with Crippen LogP contribution >= 0.6 is 11.3 Å². The fourth-order valence-electron chi connectivity index (χ4n) is 5.13. The summed E-state index contributed by atoms with van der Waals surface area (Å²) in [5.74, 6) is -9.09. The fourth-order valence-corrected chi connectivity index (χ4v) is 6.02. The molecule has 0 bridgehead atoms. The highest BCUT2D eigenvalue weighted by Crippen LogP contribution is 2.36. The van der Waals surface area contributed by atoms with E-state index in [1.54, 1.807) is 6.92 Å². The van der Waals surface area contributed by atoms with Crippen molar-refractivity contribution in [1.29, 1.82) is 0 Å². The van der Waals surface area contributed by atoms with Gasteiger partial charge in [-0.15, -0.1) is 11.3 Å². The van der Waals surface area contributed by atoms with E-state index in [1.807, 2.05) is 0 Å². The number of nitrogens with zero attached hydrogens (tertiary/aromatic N) is 1. The Morgan fingerprint density at radius 1 is 0.852 bits per heavy atom. The van der Waals surface area contributed by atoms with Gasteiger partial charge in [-0.1, -0.05) is 35.9 Å². The molecular weight excluding hydrogens is 743 g/mol. The predicted molar refractivity (Wildman–Crippen MR) is 185 cm³/mol. The summed E-state index contributed by atoms with van der Waals surface area (Å²) in [6.45, 7) is 3.22. The van der Waals surface area contributed by atoms with Gasteiger partial charge in [0.1, 0.15) is 12.2 Å². The van der Waals surface area contributed by atoms with Crippen molar-refractivity contribution in [3.63, 3.8) is 0 Å². The quantitative estimate of drug-likeness (QED) is 0.0508. The number of rotatable bonds is 12. The molecule has 0 spiro atoms. The minimum absolute atomic E-state index is 0.0681. The summed E-state index contributed by atoms with van der Waals surface area (Å²) in [5, 5.41) is 3.81. The molecule has 0 aliphatic carbocycles. The van der Waals surface area contributed by atoms with E-state index in [0.29, 0.717) is 11.6 Å². The fraction of sp³-hybridized carbons (Fsp3) is 0.270. The number of benzene rings is 3. The largest absolute Gasteiger partial charge is 0.514 e. The van der Waals surface area contributed by atoms with Crippen LogP contribution < -0.4 is 10.1 Å². The zero-order valence-electron chi connectivity index (χ0n) is 29.4. The molecule has 2 amide bonds. The molecule has 0 atom stereocenters. The van der Waals surface area contributed by atoms with Crippen molar-refractivity contribution in [2.75, 3.05) is 39.2 Å². The number of ether oxygens (including phenoxy) is 4. The molecule has 1 N–H and O–H groups in total. The maximum absolute atomic E-state index is 16.1. The monoisotopic (exact) mass is 776 g/mol. The Bertz CT molecular complexity index is 2030. The van der Waals surface area contributed by atoms with Crippen LogP contribution in [0.4, 0.5) is 32.4 Å². The van der Waals surface area contributed by atoms with E-state index in [4.69, 9.17) is 18.9 Å². The molecule has 4 aromatic rings. The number of amides is 2. The minimum Gasteiger partial charge on any atom is -0.465 e. The molecule has 17 heteroatoms. The SMILES string of the molecule is CCOC(=O)C(COC(=O)Oc1c(F)cc(NC(=O)c2ccc(C)cc2-c2ccc(C(F)(F)F)cc2)c(C(=O)N(C)C)c1F)(C(=O)OCC)c1cccs1. The van der Waals surface area contributed by atoms with E-state index in [1.165, 1.54) is 63.7 Å². The Balaban J connectivity index is 1.69. The second-order valence-corrected chi connectivity index (χ2v) is 12.6. The molecular formula is C37H33F5N2O9S. The summed E-state index contributed by atoms with van der Waals surface area (Å²) in [4.78, 5) is 67.0. The molecule has 0 saturated heterocycles. The molecule has 4 rings (SSSR count). The van der Waals surface area contributed by atoms with Gasteiger partial charge >= 0.3 is 24.3 Å². The van der Waals surface area contributed by atoms with Crippen LogP contribution in [0.15, 0.2) is 66.0 Å². The van der Waals surface area contributed by atoms with Crippen molar-refractivity contribution in [2.45, 2.75) is 32.4 Å². The standard InChI is InChI=1S/C37H33F5N2O9S/c1-6-50-33(47)36(34(48)51-7-2,27-9-8-16-54-27)19-52-35(49)53-30-25(38)18-26(28(29(30)39)32(46)44(4)5)43-31(45)23-15-10-20(3)17-24(23)21-11-13-22(14-12-21)37(40,41)42/h8-18H,6-7,19H2,1-5H3,(H,43,45). The average molecular weight is 777 g/mol. The summed E-state index contributed by atoms with van der Waals surface area (Å²) in [5.41, 5.74) is -3.97. The number of thiophene rings is 1. The first-order valence-corrected chi connectivity index (χ1v) is 16.9. The molecule has 286 valence electrons. The molecule has 0 aliphatic rings. The van der Waals surface area contributed by atoms with Gasteiger partial charge in [0.15, 0.2) is 11.6 Å².